The first kappa shape index (κ1) is 20.6. The monoisotopic (exact) mass is 430 g/mol. The van der Waals surface area contributed by atoms with Crippen LogP contribution < -0.4 is 9.62 Å². The molecule has 1 aliphatic carbocycles. The highest BCUT2D eigenvalue weighted by Crippen LogP contribution is 2.43. The Labute approximate surface area is 176 Å². The maximum absolute atomic E-state index is 13.0. The standard InChI is InChI=1S/C20H26N6O3S/c1-13(2)19(27)26-6-4-25(5-7-26)18-9-15(8-17-16(18)11-22-23-17)30(28,29)24-20(12-21)10-14(20)3/h8-9,11,13-14,24H,4-7,10H2,1-3H3,(H,22,23). The third kappa shape index (κ3) is 3.52. The van der Waals surface area contributed by atoms with Crippen molar-refractivity contribution in [2.45, 2.75) is 37.6 Å². The minimum atomic E-state index is -3.88. The van der Waals surface area contributed by atoms with Gasteiger partial charge in [0.05, 0.1) is 22.7 Å². The summed E-state index contributed by atoms with van der Waals surface area (Å²) < 4.78 is 28.7. The third-order valence-electron chi connectivity index (χ3n) is 6.07. The van der Waals surface area contributed by atoms with Crippen molar-refractivity contribution in [1.82, 2.24) is 19.8 Å². The van der Waals surface area contributed by atoms with E-state index in [2.05, 4.69) is 25.9 Å². The van der Waals surface area contributed by atoms with E-state index in [-0.39, 0.29) is 22.6 Å². The molecular formula is C20H26N6O3S. The van der Waals surface area contributed by atoms with Gasteiger partial charge in [0.1, 0.15) is 5.54 Å². The van der Waals surface area contributed by atoms with Gasteiger partial charge in [0, 0.05) is 43.2 Å². The molecule has 1 amide bonds. The van der Waals surface area contributed by atoms with Crippen LogP contribution in [0.1, 0.15) is 27.2 Å². The normalized spacial score (nSPS) is 24.3. The van der Waals surface area contributed by atoms with Crippen LogP contribution in [0.25, 0.3) is 10.9 Å². The summed E-state index contributed by atoms with van der Waals surface area (Å²) in [6.45, 7) is 8.01. The number of aromatic amines is 1. The van der Waals surface area contributed by atoms with E-state index in [1.54, 1.807) is 18.3 Å². The summed E-state index contributed by atoms with van der Waals surface area (Å²) in [5, 5.41) is 17.2. The van der Waals surface area contributed by atoms with Gasteiger partial charge in [-0.3, -0.25) is 9.89 Å². The van der Waals surface area contributed by atoms with Crippen LogP contribution in [0.2, 0.25) is 0 Å². The smallest absolute Gasteiger partial charge is 0.242 e. The summed E-state index contributed by atoms with van der Waals surface area (Å²) in [4.78, 5) is 16.3. The van der Waals surface area contributed by atoms with Crippen LogP contribution in [0.15, 0.2) is 23.2 Å². The fourth-order valence-corrected chi connectivity index (χ4v) is 5.47. The van der Waals surface area contributed by atoms with Gasteiger partial charge in [-0.15, -0.1) is 0 Å². The Morgan fingerprint density at radius 1 is 1.33 bits per heavy atom. The predicted octanol–water partition coefficient (Wildman–Crippen LogP) is 1.45. The van der Waals surface area contributed by atoms with E-state index in [0.717, 1.165) is 11.1 Å². The van der Waals surface area contributed by atoms with Gasteiger partial charge >= 0.3 is 0 Å². The third-order valence-corrected chi connectivity index (χ3v) is 7.56. The quantitative estimate of drug-likeness (QED) is 0.740. The first-order chi connectivity index (χ1) is 14.2. The molecule has 1 saturated carbocycles. The molecule has 1 saturated heterocycles. The molecule has 2 aromatic rings. The van der Waals surface area contributed by atoms with Crippen LogP contribution in [0, 0.1) is 23.2 Å². The number of nitriles is 1. The Kier molecular flexibility index (Phi) is 4.98. The second kappa shape index (κ2) is 7.25. The van der Waals surface area contributed by atoms with Crippen LogP contribution in [0.5, 0.6) is 0 Å². The molecule has 10 heteroatoms. The zero-order valence-electron chi connectivity index (χ0n) is 17.3. The molecule has 2 fully saturated rings. The van der Waals surface area contributed by atoms with E-state index >= 15 is 0 Å². The molecule has 2 N–H and O–H groups in total. The maximum atomic E-state index is 13.0. The van der Waals surface area contributed by atoms with Crippen molar-refractivity contribution in [3.63, 3.8) is 0 Å². The van der Waals surface area contributed by atoms with E-state index < -0.39 is 15.6 Å². The Hall–Kier alpha value is -2.64. The largest absolute Gasteiger partial charge is 0.367 e. The fourth-order valence-electron chi connectivity index (χ4n) is 4.00. The number of anilines is 1. The maximum Gasteiger partial charge on any atom is 0.242 e. The van der Waals surface area contributed by atoms with Gasteiger partial charge in [-0.25, -0.2) is 8.42 Å². The summed E-state index contributed by atoms with van der Waals surface area (Å²) in [7, 11) is -3.88. The number of rotatable bonds is 5. The topological polar surface area (TPSA) is 122 Å². The van der Waals surface area contributed by atoms with E-state index in [1.807, 2.05) is 25.7 Å². The Morgan fingerprint density at radius 2 is 2.00 bits per heavy atom. The molecule has 9 nitrogen and oxygen atoms in total. The van der Waals surface area contributed by atoms with E-state index in [0.29, 0.717) is 38.1 Å². The number of fused-ring (bicyclic) bond motifs is 1. The lowest BCUT2D eigenvalue weighted by Crippen LogP contribution is -2.50. The average Bonchev–Trinajstić information content (AvgIpc) is 3.12. The van der Waals surface area contributed by atoms with Crippen LogP contribution >= 0.6 is 0 Å². The van der Waals surface area contributed by atoms with Gasteiger partial charge in [0.15, 0.2) is 0 Å². The second-order valence-electron chi connectivity index (χ2n) is 8.53. The van der Waals surface area contributed by atoms with Crippen molar-refractivity contribution in [2.24, 2.45) is 11.8 Å². The van der Waals surface area contributed by atoms with E-state index in [4.69, 9.17) is 0 Å². The summed E-state index contributed by atoms with van der Waals surface area (Å²) in [5.41, 5.74) is 0.349. The van der Waals surface area contributed by atoms with E-state index in [1.165, 1.54) is 0 Å². The number of hydrogen-bond donors (Lipinski definition) is 2. The van der Waals surface area contributed by atoms with Crippen LogP contribution in [-0.4, -0.2) is 61.1 Å². The zero-order chi connectivity index (χ0) is 21.7. The number of carbonyl (C=O) groups excluding carboxylic acids is 1. The number of nitrogens with zero attached hydrogens (tertiary/aromatic N) is 4. The fraction of sp³-hybridized carbons (Fsp3) is 0.550. The summed E-state index contributed by atoms with van der Waals surface area (Å²) in [6.07, 6.45) is 2.19. The number of amides is 1. The molecule has 160 valence electrons. The molecule has 2 atom stereocenters. The molecule has 1 aromatic carbocycles. The summed E-state index contributed by atoms with van der Waals surface area (Å²) in [6, 6.07) is 5.29. The minimum absolute atomic E-state index is 0.0146. The highest BCUT2D eigenvalue weighted by molar-refractivity contribution is 7.89. The van der Waals surface area contributed by atoms with Crippen LogP contribution in [0.4, 0.5) is 5.69 Å². The Balaban J connectivity index is 1.63. The highest BCUT2D eigenvalue weighted by Gasteiger charge is 2.54. The van der Waals surface area contributed by atoms with Crippen molar-refractivity contribution >= 4 is 32.5 Å². The first-order valence-electron chi connectivity index (χ1n) is 10.1. The number of carbonyl (C=O) groups is 1. The molecule has 4 rings (SSSR count). The zero-order valence-corrected chi connectivity index (χ0v) is 18.2. The van der Waals surface area contributed by atoms with Crippen molar-refractivity contribution in [3.05, 3.63) is 18.3 Å². The molecule has 1 aliphatic heterocycles. The SMILES string of the molecule is CC(C)C(=O)N1CCN(c2cc(S(=O)(=O)NC3(C#N)CC3C)cc3[nH]ncc23)CC1. The second-order valence-corrected chi connectivity index (χ2v) is 10.2. The van der Waals surface area contributed by atoms with E-state index in [9.17, 15) is 18.5 Å². The molecule has 1 aromatic heterocycles. The van der Waals surface area contributed by atoms with Crippen molar-refractivity contribution in [1.29, 1.82) is 5.26 Å². The molecule has 0 bridgehead atoms. The van der Waals surface area contributed by atoms with Gasteiger partial charge < -0.3 is 9.80 Å². The molecule has 30 heavy (non-hydrogen) atoms. The van der Waals surface area contributed by atoms with Gasteiger partial charge in [-0.2, -0.15) is 15.1 Å². The minimum Gasteiger partial charge on any atom is -0.367 e. The number of nitrogens with one attached hydrogen (secondary N) is 2. The van der Waals surface area contributed by atoms with Crippen molar-refractivity contribution < 1.29 is 13.2 Å². The van der Waals surface area contributed by atoms with Gasteiger partial charge in [0.25, 0.3) is 0 Å². The lowest BCUT2D eigenvalue weighted by Gasteiger charge is -2.37. The number of H-pyrrole nitrogens is 1. The summed E-state index contributed by atoms with van der Waals surface area (Å²) >= 11 is 0. The molecule has 2 aliphatic rings. The number of hydrogen-bond acceptors (Lipinski definition) is 6. The highest BCUT2D eigenvalue weighted by atomic mass is 32.2. The molecule has 0 radical (unpaired) electrons. The van der Waals surface area contributed by atoms with Crippen molar-refractivity contribution in [2.75, 3.05) is 31.1 Å². The molecule has 2 heterocycles. The van der Waals surface area contributed by atoms with Crippen LogP contribution in [0.3, 0.4) is 0 Å². The lowest BCUT2D eigenvalue weighted by atomic mass is 10.1. The lowest BCUT2D eigenvalue weighted by molar-refractivity contribution is -0.134. The number of piperazine rings is 1. The molecule has 0 spiro atoms. The molecule has 2 unspecified atom stereocenters. The predicted molar refractivity (Wildman–Crippen MR) is 112 cm³/mol. The Bertz CT molecular complexity index is 1130. The number of sulfonamides is 1. The van der Waals surface area contributed by atoms with Crippen molar-refractivity contribution in [3.8, 4) is 6.07 Å². The first-order valence-corrected chi connectivity index (χ1v) is 11.6. The number of benzene rings is 1. The van der Waals surface area contributed by atoms with Gasteiger partial charge in [0.2, 0.25) is 15.9 Å². The van der Waals surface area contributed by atoms with Gasteiger partial charge in [-0.1, -0.05) is 20.8 Å². The van der Waals surface area contributed by atoms with Gasteiger partial charge in [-0.05, 0) is 24.5 Å². The summed E-state index contributed by atoms with van der Waals surface area (Å²) in [5.74, 6) is 0.0668. The van der Waals surface area contributed by atoms with Crippen LogP contribution in [-0.2, 0) is 14.8 Å². The number of aromatic nitrogens is 2. The molecular weight excluding hydrogens is 404 g/mol. The Morgan fingerprint density at radius 3 is 2.57 bits per heavy atom. The average molecular weight is 431 g/mol.